The van der Waals surface area contributed by atoms with Gasteiger partial charge in [-0.2, -0.15) is 0 Å². The number of carbonyl (C=O) groups is 1. The zero-order chi connectivity index (χ0) is 24.7. The summed E-state index contributed by atoms with van der Waals surface area (Å²) >= 11 is 0. The molecule has 0 spiro atoms. The van der Waals surface area contributed by atoms with Gasteiger partial charge in [0.1, 0.15) is 11.7 Å². The van der Waals surface area contributed by atoms with E-state index in [0.717, 1.165) is 19.5 Å². The fraction of sp³-hybridized carbons (Fsp3) is 0.320. The third-order valence-corrected chi connectivity index (χ3v) is 6.54. The molecule has 1 aromatic heterocycles. The average molecular weight is 482 g/mol. The lowest BCUT2D eigenvalue weighted by molar-refractivity contribution is -0.139. The molecular formula is C25H25F2N5O3. The number of aliphatic carboxylic acids is 1. The van der Waals surface area contributed by atoms with Gasteiger partial charge in [-0.3, -0.25) is 4.79 Å². The topological polar surface area (TPSA) is 99.6 Å². The van der Waals surface area contributed by atoms with Crippen molar-refractivity contribution in [1.82, 2.24) is 14.9 Å². The van der Waals surface area contributed by atoms with E-state index in [1.54, 1.807) is 13.2 Å². The molecule has 0 amide bonds. The number of hydrogen-bond acceptors (Lipinski definition) is 7. The predicted octanol–water partition coefficient (Wildman–Crippen LogP) is 4.49. The quantitative estimate of drug-likeness (QED) is 0.474. The summed E-state index contributed by atoms with van der Waals surface area (Å²) in [7, 11) is 3.67. The molecule has 0 aliphatic carbocycles. The standard InChI is InChI=1S/C25H25F2N5O3/c1-32-8-6-13-11-20(35-2)19(10-15(13)12-32)31-25-28-7-5-18(30-25)22-21(24(33)34)16-9-14(23(26)27)3-4-17(16)29-22/h3-5,7,9-11,21-23,29H,6,8,12H2,1-2H3,(H,33,34)(H,28,30,31). The molecule has 2 aromatic carbocycles. The van der Waals surface area contributed by atoms with Crippen molar-refractivity contribution in [1.29, 1.82) is 0 Å². The third kappa shape index (κ3) is 4.37. The fourth-order valence-corrected chi connectivity index (χ4v) is 4.78. The molecule has 0 radical (unpaired) electrons. The van der Waals surface area contributed by atoms with E-state index in [1.165, 1.54) is 35.5 Å². The smallest absolute Gasteiger partial charge is 0.313 e. The number of benzene rings is 2. The summed E-state index contributed by atoms with van der Waals surface area (Å²) in [5, 5.41) is 16.3. The van der Waals surface area contributed by atoms with Crippen LogP contribution in [0.1, 0.15) is 46.3 Å². The average Bonchev–Trinajstić information content (AvgIpc) is 3.23. The van der Waals surface area contributed by atoms with E-state index in [4.69, 9.17) is 4.74 Å². The second kappa shape index (κ2) is 9.10. The minimum Gasteiger partial charge on any atom is -0.495 e. The first-order chi connectivity index (χ1) is 16.8. The first-order valence-electron chi connectivity index (χ1n) is 11.2. The molecular weight excluding hydrogens is 456 g/mol. The summed E-state index contributed by atoms with van der Waals surface area (Å²) in [6.07, 6.45) is -0.209. The Morgan fingerprint density at radius 1 is 1.26 bits per heavy atom. The van der Waals surface area contributed by atoms with Gasteiger partial charge in [0.25, 0.3) is 6.43 Å². The summed E-state index contributed by atoms with van der Waals surface area (Å²) in [5.74, 6) is -1.25. The molecule has 0 fully saturated rings. The Kier molecular flexibility index (Phi) is 5.98. The zero-order valence-corrected chi connectivity index (χ0v) is 19.3. The second-order valence-electron chi connectivity index (χ2n) is 8.82. The van der Waals surface area contributed by atoms with Gasteiger partial charge in [-0.1, -0.05) is 6.07 Å². The molecule has 0 bridgehead atoms. The van der Waals surface area contributed by atoms with E-state index in [-0.39, 0.29) is 11.5 Å². The van der Waals surface area contributed by atoms with Crippen molar-refractivity contribution < 1.29 is 23.4 Å². The molecule has 0 saturated carbocycles. The van der Waals surface area contributed by atoms with Crippen LogP contribution < -0.4 is 15.4 Å². The number of carboxylic acids is 1. The van der Waals surface area contributed by atoms with Gasteiger partial charge in [-0.05, 0) is 60.5 Å². The molecule has 0 saturated heterocycles. The highest BCUT2D eigenvalue weighted by Gasteiger charge is 2.40. The van der Waals surface area contributed by atoms with E-state index in [0.29, 0.717) is 28.4 Å². The minimum atomic E-state index is -2.69. The number of carboxylic acid groups (broad SMARTS) is 1. The summed E-state index contributed by atoms with van der Waals surface area (Å²) in [4.78, 5) is 23.3. The lowest BCUT2D eigenvalue weighted by Gasteiger charge is -2.26. The highest BCUT2D eigenvalue weighted by molar-refractivity contribution is 5.84. The van der Waals surface area contributed by atoms with Crippen molar-refractivity contribution in [2.75, 3.05) is 31.3 Å². The number of rotatable bonds is 6. The van der Waals surface area contributed by atoms with Crippen molar-refractivity contribution in [2.24, 2.45) is 0 Å². The molecule has 3 N–H and O–H groups in total. The minimum absolute atomic E-state index is 0.215. The van der Waals surface area contributed by atoms with Crippen molar-refractivity contribution in [3.8, 4) is 5.75 Å². The van der Waals surface area contributed by atoms with Crippen LogP contribution in [0.3, 0.4) is 0 Å². The van der Waals surface area contributed by atoms with Gasteiger partial charge in [0.15, 0.2) is 0 Å². The van der Waals surface area contributed by atoms with Crippen LogP contribution in [-0.4, -0.2) is 46.6 Å². The number of anilines is 3. The number of fused-ring (bicyclic) bond motifs is 2. The molecule has 2 aliphatic heterocycles. The van der Waals surface area contributed by atoms with Crippen LogP contribution in [0.4, 0.5) is 26.1 Å². The van der Waals surface area contributed by atoms with E-state index < -0.39 is 24.4 Å². The van der Waals surface area contributed by atoms with E-state index in [9.17, 15) is 18.7 Å². The Labute approximate surface area is 201 Å². The molecule has 3 heterocycles. The van der Waals surface area contributed by atoms with Crippen LogP contribution >= 0.6 is 0 Å². The Bertz CT molecular complexity index is 1290. The number of alkyl halides is 2. The zero-order valence-electron chi connectivity index (χ0n) is 19.3. The van der Waals surface area contributed by atoms with E-state index >= 15 is 0 Å². The summed E-state index contributed by atoms with van der Waals surface area (Å²) in [6, 6.07) is 8.96. The van der Waals surface area contributed by atoms with Crippen LogP contribution in [0.25, 0.3) is 0 Å². The van der Waals surface area contributed by atoms with Crippen LogP contribution in [-0.2, 0) is 17.8 Å². The van der Waals surface area contributed by atoms with Crippen LogP contribution in [0, 0.1) is 0 Å². The predicted molar refractivity (Wildman–Crippen MR) is 126 cm³/mol. The van der Waals surface area contributed by atoms with Gasteiger partial charge in [0.2, 0.25) is 5.95 Å². The monoisotopic (exact) mass is 481 g/mol. The third-order valence-electron chi connectivity index (χ3n) is 6.54. The maximum Gasteiger partial charge on any atom is 0.313 e. The Morgan fingerprint density at radius 3 is 2.83 bits per heavy atom. The number of nitrogens with zero attached hydrogens (tertiary/aromatic N) is 3. The van der Waals surface area contributed by atoms with E-state index in [2.05, 4.69) is 32.5 Å². The molecule has 10 heteroatoms. The lowest BCUT2D eigenvalue weighted by atomic mass is 9.92. The molecule has 8 nitrogen and oxygen atoms in total. The van der Waals surface area contributed by atoms with Gasteiger partial charge in [-0.15, -0.1) is 0 Å². The SMILES string of the molecule is COc1cc2c(cc1Nc1nccc(C3Nc4ccc(C(F)F)cc4C3C(=O)O)n1)CN(C)CC2. The van der Waals surface area contributed by atoms with Gasteiger partial charge in [-0.25, -0.2) is 18.7 Å². The number of methoxy groups -OCH3 is 1. The van der Waals surface area contributed by atoms with Crippen molar-refractivity contribution in [2.45, 2.75) is 31.4 Å². The molecule has 5 rings (SSSR count). The Balaban J connectivity index is 1.46. The first-order valence-corrected chi connectivity index (χ1v) is 11.2. The highest BCUT2D eigenvalue weighted by Crippen LogP contribution is 2.45. The van der Waals surface area contributed by atoms with Crippen LogP contribution in [0.15, 0.2) is 42.6 Å². The first kappa shape index (κ1) is 23.0. The van der Waals surface area contributed by atoms with E-state index in [1.807, 2.05) is 12.1 Å². The van der Waals surface area contributed by atoms with Crippen molar-refractivity contribution in [3.63, 3.8) is 0 Å². The number of hydrogen-bond donors (Lipinski definition) is 3. The number of likely N-dealkylation sites (N-methyl/N-ethyl adjacent to an activating group) is 1. The van der Waals surface area contributed by atoms with Crippen LogP contribution in [0.5, 0.6) is 5.75 Å². The molecule has 35 heavy (non-hydrogen) atoms. The van der Waals surface area contributed by atoms with Crippen molar-refractivity contribution >= 4 is 23.3 Å². The summed E-state index contributed by atoms with van der Waals surface area (Å²) in [6.45, 7) is 1.80. The molecule has 3 aromatic rings. The molecule has 2 unspecified atom stereocenters. The fourth-order valence-electron chi connectivity index (χ4n) is 4.78. The van der Waals surface area contributed by atoms with Crippen LogP contribution in [0.2, 0.25) is 0 Å². The second-order valence-corrected chi connectivity index (χ2v) is 8.82. The normalized spacial score (nSPS) is 19.1. The van der Waals surface area contributed by atoms with Crippen molar-refractivity contribution in [3.05, 3.63) is 70.5 Å². The molecule has 2 atom stereocenters. The van der Waals surface area contributed by atoms with Gasteiger partial charge in [0.05, 0.1) is 24.5 Å². The lowest BCUT2D eigenvalue weighted by Crippen LogP contribution is -2.26. The molecule has 182 valence electrons. The van der Waals surface area contributed by atoms with Gasteiger partial charge >= 0.3 is 5.97 Å². The Hall–Kier alpha value is -3.79. The summed E-state index contributed by atoms with van der Waals surface area (Å²) in [5.41, 5.74) is 4.16. The Morgan fingerprint density at radius 2 is 2.09 bits per heavy atom. The number of ether oxygens (including phenoxy) is 1. The summed E-state index contributed by atoms with van der Waals surface area (Å²) < 4.78 is 32.0. The highest BCUT2D eigenvalue weighted by atomic mass is 19.3. The van der Waals surface area contributed by atoms with Gasteiger partial charge in [0, 0.05) is 30.5 Å². The number of aromatic nitrogens is 2. The largest absolute Gasteiger partial charge is 0.495 e. The maximum atomic E-state index is 13.2. The maximum absolute atomic E-state index is 13.2. The number of halogens is 2. The number of nitrogens with one attached hydrogen (secondary N) is 2. The van der Waals surface area contributed by atoms with Gasteiger partial charge < -0.3 is 25.4 Å². The molecule has 2 aliphatic rings.